The summed E-state index contributed by atoms with van der Waals surface area (Å²) in [5.74, 6) is 0. The highest BCUT2D eigenvalue weighted by molar-refractivity contribution is 7.86. The molecule has 0 amide bonds. The molecule has 3 nitrogen and oxygen atoms in total. The Morgan fingerprint density at radius 3 is 1.41 bits per heavy atom. The summed E-state index contributed by atoms with van der Waals surface area (Å²) in [5, 5.41) is 1.47. The summed E-state index contributed by atoms with van der Waals surface area (Å²) < 4.78 is 99.7. The second kappa shape index (κ2) is 6.95. The molecule has 1 heterocycles. The van der Waals surface area contributed by atoms with E-state index in [2.05, 4.69) is 0 Å². The maximum absolute atomic E-state index is 13.3. The highest BCUT2D eigenvalue weighted by atomic mass is 32.2. The maximum atomic E-state index is 13.3. The third-order valence-corrected chi connectivity index (χ3v) is 6.14. The number of aryl methyl sites for hydroxylation is 2. The van der Waals surface area contributed by atoms with Crippen molar-refractivity contribution in [2.24, 2.45) is 0 Å². The highest BCUT2D eigenvalue weighted by Gasteiger charge is 2.47. The largest absolute Gasteiger partial charge is 0.741 e. The standard InChI is InChI=1S/C15H12F3S.CHF3O3S/c1-9-3-5-13-11(7-9)12-8-10(2)4-6-14(12)19(13)15(16,17)18;2-1(3,4)8(5,6)7/h3-8H,1-2H3;(H,5,6,7)/q+1;/p-1. The van der Waals surface area contributed by atoms with Crippen LogP contribution in [0.5, 0.6) is 0 Å². The van der Waals surface area contributed by atoms with Crippen molar-refractivity contribution in [1.29, 1.82) is 0 Å². The molecule has 0 unspecified atom stereocenters. The number of rotatable bonds is 0. The molecular formula is C16H12F6O3S2. The van der Waals surface area contributed by atoms with Crippen LogP contribution in [0.2, 0.25) is 0 Å². The normalized spacial score (nSPS) is 12.9. The molecule has 0 aliphatic carbocycles. The molecule has 0 saturated carbocycles. The first-order valence-electron chi connectivity index (χ1n) is 7.18. The van der Waals surface area contributed by atoms with Crippen LogP contribution in [-0.4, -0.2) is 18.5 Å². The van der Waals surface area contributed by atoms with Crippen molar-refractivity contribution in [1.82, 2.24) is 0 Å². The molecule has 0 fully saturated rings. The third-order valence-electron chi connectivity index (χ3n) is 3.52. The number of halogens is 6. The van der Waals surface area contributed by atoms with E-state index in [-0.39, 0.29) is 0 Å². The summed E-state index contributed by atoms with van der Waals surface area (Å²) in [6.45, 7) is 3.81. The summed E-state index contributed by atoms with van der Waals surface area (Å²) >= 11 is 0. The van der Waals surface area contributed by atoms with E-state index in [9.17, 15) is 26.3 Å². The molecule has 0 spiro atoms. The van der Waals surface area contributed by atoms with E-state index < -0.39 is 31.6 Å². The first kappa shape index (κ1) is 21.5. The first-order chi connectivity index (χ1) is 12.1. The Kier molecular flexibility index (Phi) is 5.52. The Morgan fingerprint density at radius 2 is 1.15 bits per heavy atom. The van der Waals surface area contributed by atoms with Gasteiger partial charge in [-0.05, 0) is 38.1 Å². The minimum Gasteiger partial charge on any atom is -0.741 e. The minimum atomic E-state index is -6.09. The van der Waals surface area contributed by atoms with E-state index in [1.165, 1.54) is 0 Å². The zero-order valence-corrected chi connectivity index (χ0v) is 15.4. The molecule has 0 atom stereocenters. The van der Waals surface area contributed by atoms with Crippen molar-refractivity contribution in [2.75, 3.05) is 0 Å². The molecule has 3 aromatic rings. The van der Waals surface area contributed by atoms with Gasteiger partial charge in [0.05, 0.1) is 0 Å². The predicted octanol–water partition coefficient (Wildman–Crippen LogP) is 5.89. The van der Waals surface area contributed by atoms with Crippen LogP contribution in [-0.2, 0) is 15.6 Å². The molecule has 2 aromatic carbocycles. The molecule has 0 N–H and O–H groups in total. The van der Waals surface area contributed by atoms with E-state index in [0.29, 0.717) is 9.40 Å². The third kappa shape index (κ3) is 4.53. The molecule has 148 valence electrons. The fraction of sp³-hybridized carbons (Fsp3) is 0.250. The van der Waals surface area contributed by atoms with Gasteiger partial charge in [-0.2, -0.15) is 13.2 Å². The van der Waals surface area contributed by atoms with E-state index >= 15 is 0 Å². The number of thiophene rings is 1. The predicted molar refractivity (Wildman–Crippen MR) is 90.5 cm³/mol. The number of hydrogen-bond acceptors (Lipinski definition) is 3. The van der Waals surface area contributed by atoms with Crippen LogP contribution in [0.1, 0.15) is 11.1 Å². The molecule has 11 heteroatoms. The average molecular weight is 430 g/mol. The van der Waals surface area contributed by atoms with Crippen molar-refractivity contribution < 1.29 is 39.3 Å². The SMILES string of the molecule is Cc1ccc2c(c1)c1cc(C)ccc1[s+]2C(F)(F)F.O=S(=O)([O-])C(F)(F)F. The molecule has 1 aromatic heterocycles. The van der Waals surface area contributed by atoms with Gasteiger partial charge in [0, 0.05) is 10.8 Å². The van der Waals surface area contributed by atoms with Crippen molar-refractivity contribution in [3.8, 4) is 0 Å². The molecule has 0 bridgehead atoms. The number of fused-ring (bicyclic) bond motifs is 3. The Labute approximate surface area is 152 Å². The topological polar surface area (TPSA) is 57.2 Å². The second-order valence-corrected chi connectivity index (χ2v) is 8.98. The van der Waals surface area contributed by atoms with Gasteiger partial charge in [-0.3, -0.25) is 0 Å². The van der Waals surface area contributed by atoms with Gasteiger partial charge in [-0.1, -0.05) is 23.3 Å². The Bertz CT molecular complexity index is 1040. The maximum Gasteiger partial charge on any atom is 0.601 e. The lowest BCUT2D eigenvalue weighted by atomic mass is 10.1. The van der Waals surface area contributed by atoms with Crippen molar-refractivity contribution in [2.45, 2.75) is 24.9 Å². The van der Waals surface area contributed by atoms with E-state index in [4.69, 9.17) is 13.0 Å². The molecule has 27 heavy (non-hydrogen) atoms. The second-order valence-electron chi connectivity index (χ2n) is 5.65. The van der Waals surface area contributed by atoms with Crippen LogP contribution in [0.15, 0.2) is 36.4 Å². The lowest BCUT2D eigenvalue weighted by molar-refractivity contribution is -0.0862. The van der Waals surface area contributed by atoms with Crippen molar-refractivity contribution in [3.63, 3.8) is 0 Å². The van der Waals surface area contributed by atoms with Crippen LogP contribution < -0.4 is 0 Å². The lowest BCUT2D eigenvalue weighted by Gasteiger charge is -2.08. The van der Waals surface area contributed by atoms with Crippen molar-refractivity contribution in [3.05, 3.63) is 47.5 Å². The zero-order valence-electron chi connectivity index (χ0n) is 13.8. The zero-order chi connectivity index (χ0) is 20.8. The summed E-state index contributed by atoms with van der Waals surface area (Å²) in [6.07, 6.45) is 0. The highest BCUT2D eigenvalue weighted by Crippen LogP contribution is 2.54. The van der Waals surface area contributed by atoms with E-state index in [0.717, 1.165) is 21.9 Å². The monoisotopic (exact) mass is 430 g/mol. The van der Waals surface area contributed by atoms with Crippen LogP contribution in [0.3, 0.4) is 0 Å². The Hall–Kier alpha value is -1.85. The first-order valence-corrected chi connectivity index (χ1v) is 9.81. The van der Waals surface area contributed by atoms with Gasteiger partial charge in [0.1, 0.15) is 10.5 Å². The summed E-state index contributed by atoms with van der Waals surface area (Å²) in [6, 6.07) is 10.5. The molecule has 0 aliphatic heterocycles. The number of hydrogen-bond donors (Lipinski definition) is 0. The smallest absolute Gasteiger partial charge is 0.601 e. The minimum absolute atomic E-state index is 0.402. The van der Waals surface area contributed by atoms with Gasteiger partial charge < -0.3 is 4.55 Å². The Balaban J connectivity index is 0.000000279. The fourth-order valence-corrected chi connectivity index (χ4v) is 4.35. The van der Waals surface area contributed by atoms with Crippen LogP contribution in [0, 0.1) is 13.8 Å². The van der Waals surface area contributed by atoms with Gasteiger partial charge >= 0.3 is 11.0 Å². The number of alkyl halides is 6. The quantitative estimate of drug-likeness (QED) is 0.194. The van der Waals surface area contributed by atoms with Crippen LogP contribution >= 0.6 is 10.5 Å². The summed E-state index contributed by atoms with van der Waals surface area (Å²) in [7, 11) is -7.90. The average Bonchev–Trinajstić information content (AvgIpc) is 2.79. The van der Waals surface area contributed by atoms with Crippen LogP contribution in [0.25, 0.3) is 20.2 Å². The molecule has 0 radical (unpaired) electrons. The summed E-state index contributed by atoms with van der Waals surface area (Å²) in [4.78, 5) is 0. The van der Waals surface area contributed by atoms with E-state index in [1.807, 2.05) is 26.0 Å². The van der Waals surface area contributed by atoms with Crippen molar-refractivity contribution >= 4 is 40.8 Å². The van der Waals surface area contributed by atoms with E-state index in [1.54, 1.807) is 24.3 Å². The molecule has 0 saturated heterocycles. The van der Waals surface area contributed by atoms with Gasteiger partial charge in [-0.25, -0.2) is 8.42 Å². The molecule has 0 aliphatic rings. The molecular weight excluding hydrogens is 418 g/mol. The number of benzene rings is 2. The van der Waals surface area contributed by atoms with Gasteiger partial charge in [0.2, 0.25) is 0 Å². The molecule has 3 rings (SSSR count). The summed E-state index contributed by atoms with van der Waals surface area (Å²) in [5.41, 5.74) is -7.89. The van der Waals surface area contributed by atoms with Crippen LogP contribution in [0.4, 0.5) is 26.3 Å². The van der Waals surface area contributed by atoms with Gasteiger partial charge in [0.25, 0.3) is 0 Å². The Morgan fingerprint density at radius 1 is 0.815 bits per heavy atom. The van der Waals surface area contributed by atoms with Gasteiger partial charge in [-0.15, -0.1) is 13.2 Å². The van der Waals surface area contributed by atoms with Gasteiger partial charge in [0.15, 0.2) is 19.5 Å². The lowest BCUT2D eigenvalue weighted by Crippen LogP contribution is -2.21. The fourth-order valence-electron chi connectivity index (χ4n) is 2.43.